The van der Waals surface area contributed by atoms with E-state index >= 15 is 0 Å². The molecule has 4 rings (SSSR count). The molecular formula is C21H15ClN4O. The van der Waals surface area contributed by atoms with Gasteiger partial charge in [-0.2, -0.15) is 0 Å². The molecule has 0 aliphatic heterocycles. The summed E-state index contributed by atoms with van der Waals surface area (Å²) in [6, 6.07) is 26.0. The third kappa shape index (κ3) is 3.73. The molecule has 0 radical (unpaired) electrons. The van der Waals surface area contributed by atoms with Gasteiger partial charge in [0.2, 0.25) is 5.82 Å². The van der Waals surface area contributed by atoms with Crippen molar-refractivity contribution in [3.63, 3.8) is 0 Å². The van der Waals surface area contributed by atoms with Crippen LogP contribution in [-0.2, 0) is 0 Å². The molecule has 4 aromatic rings. The first-order valence-corrected chi connectivity index (χ1v) is 8.73. The van der Waals surface area contributed by atoms with Gasteiger partial charge in [-0.1, -0.05) is 48.0 Å². The lowest BCUT2D eigenvalue weighted by Crippen LogP contribution is -2.14. The minimum atomic E-state index is -0.369. The van der Waals surface area contributed by atoms with Crippen molar-refractivity contribution in [1.29, 1.82) is 0 Å². The van der Waals surface area contributed by atoms with Crippen LogP contribution >= 0.6 is 11.6 Å². The summed E-state index contributed by atoms with van der Waals surface area (Å²) in [5.74, 6) is 0.287. The lowest BCUT2D eigenvalue weighted by atomic mass is 10.2. The van der Waals surface area contributed by atoms with E-state index in [-0.39, 0.29) is 11.7 Å². The number of hydrogen-bond donors (Lipinski definition) is 1. The van der Waals surface area contributed by atoms with E-state index in [1.807, 2.05) is 72.8 Å². The highest BCUT2D eigenvalue weighted by Gasteiger charge is 2.18. The number of halogens is 1. The van der Waals surface area contributed by atoms with Crippen LogP contribution < -0.4 is 5.32 Å². The molecule has 0 fully saturated rings. The molecule has 0 atom stereocenters. The smallest absolute Gasteiger partial charge is 0.295 e. The fraction of sp³-hybridized carbons (Fsp3) is 0. The van der Waals surface area contributed by atoms with E-state index in [4.69, 9.17) is 11.6 Å². The van der Waals surface area contributed by atoms with Crippen LogP contribution in [-0.4, -0.2) is 20.7 Å². The number of amides is 1. The van der Waals surface area contributed by atoms with E-state index in [0.717, 1.165) is 11.3 Å². The SMILES string of the molecule is O=C(Nc1ccccc1)c1nc(-c2ccc(Cl)cc2)n(-c2ccccc2)n1. The van der Waals surface area contributed by atoms with Crippen molar-refractivity contribution in [2.45, 2.75) is 0 Å². The number of carbonyl (C=O) groups excluding carboxylic acids is 1. The highest BCUT2D eigenvalue weighted by molar-refractivity contribution is 6.30. The Balaban J connectivity index is 1.75. The van der Waals surface area contributed by atoms with Crippen LogP contribution in [0, 0.1) is 0 Å². The maximum Gasteiger partial charge on any atom is 0.295 e. The highest BCUT2D eigenvalue weighted by Crippen LogP contribution is 2.23. The number of aromatic nitrogens is 3. The first-order valence-electron chi connectivity index (χ1n) is 8.35. The van der Waals surface area contributed by atoms with Crippen molar-refractivity contribution < 1.29 is 4.79 Å². The number of para-hydroxylation sites is 2. The van der Waals surface area contributed by atoms with Gasteiger partial charge in [0.1, 0.15) is 0 Å². The second-order valence-corrected chi connectivity index (χ2v) is 6.27. The third-order valence-electron chi connectivity index (χ3n) is 3.95. The zero-order chi connectivity index (χ0) is 18.6. The van der Waals surface area contributed by atoms with Gasteiger partial charge < -0.3 is 5.32 Å². The number of hydrogen-bond acceptors (Lipinski definition) is 3. The molecular weight excluding hydrogens is 360 g/mol. The second-order valence-electron chi connectivity index (χ2n) is 5.83. The largest absolute Gasteiger partial charge is 0.319 e. The average molecular weight is 375 g/mol. The van der Waals surface area contributed by atoms with Crippen LogP contribution in [0.5, 0.6) is 0 Å². The van der Waals surface area contributed by atoms with Gasteiger partial charge in [-0.3, -0.25) is 4.79 Å². The third-order valence-corrected chi connectivity index (χ3v) is 4.20. The fourth-order valence-corrected chi connectivity index (χ4v) is 2.78. The topological polar surface area (TPSA) is 59.8 Å². The summed E-state index contributed by atoms with van der Waals surface area (Å²) in [4.78, 5) is 17.1. The zero-order valence-corrected chi connectivity index (χ0v) is 15.0. The van der Waals surface area contributed by atoms with Crippen molar-refractivity contribution in [3.05, 3.63) is 95.8 Å². The molecule has 1 amide bonds. The summed E-state index contributed by atoms with van der Waals surface area (Å²) in [5.41, 5.74) is 2.31. The van der Waals surface area contributed by atoms with Crippen LogP contribution in [0.15, 0.2) is 84.9 Å². The molecule has 1 aromatic heterocycles. The van der Waals surface area contributed by atoms with Crippen molar-refractivity contribution in [2.75, 3.05) is 5.32 Å². The van der Waals surface area contributed by atoms with Gasteiger partial charge in [0.25, 0.3) is 5.91 Å². The molecule has 0 saturated heterocycles. The maximum absolute atomic E-state index is 12.6. The molecule has 132 valence electrons. The van der Waals surface area contributed by atoms with E-state index in [0.29, 0.717) is 16.5 Å². The maximum atomic E-state index is 12.6. The van der Waals surface area contributed by atoms with Crippen molar-refractivity contribution >= 4 is 23.2 Å². The van der Waals surface area contributed by atoms with Crippen LogP contribution in [0.3, 0.4) is 0 Å². The van der Waals surface area contributed by atoms with Crippen molar-refractivity contribution in [1.82, 2.24) is 14.8 Å². The van der Waals surface area contributed by atoms with E-state index in [9.17, 15) is 4.79 Å². The quantitative estimate of drug-likeness (QED) is 0.556. The predicted octanol–water partition coefficient (Wildman–Crippen LogP) is 4.84. The Bertz CT molecular complexity index is 1060. The fourth-order valence-electron chi connectivity index (χ4n) is 2.65. The molecule has 3 aromatic carbocycles. The Morgan fingerprint density at radius 3 is 2.15 bits per heavy atom. The molecule has 0 unspecified atom stereocenters. The molecule has 1 heterocycles. The first kappa shape index (κ1) is 17.0. The molecule has 1 N–H and O–H groups in total. The van der Waals surface area contributed by atoms with E-state index < -0.39 is 0 Å². The van der Waals surface area contributed by atoms with Crippen LogP contribution in [0.4, 0.5) is 5.69 Å². The minimum Gasteiger partial charge on any atom is -0.319 e. The molecule has 0 saturated carbocycles. The van der Waals surface area contributed by atoms with E-state index in [2.05, 4.69) is 15.4 Å². The highest BCUT2D eigenvalue weighted by atomic mass is 35.5. The lowest BCUT2D eigenvalue weighted by molar-refractivity contribution is 0.101. The number of nitrogens with zero attached hydrogens (tertiary/aromatic N) is 3. The van der Waals surface area contributed by atoms with Gasteiger partial charge in [0.15, 0.2) is 5.82 Å². The van der Waals surface area contributed by atoms with Crippen molar-refractivity contribution in [2.24, 2.45) is 0 Å². The minimum absolute atomic E-state index is 0.0904. The normalized spacial score (nSPS) is 10.6. The number of carbonyl (C=O) groups is 1. The van der Waals surface area contributed by atoms with E-state index in [1.54, 1.807) is 16.8 Å². The van der Waals surface area contributed by atoms with Crippen molar-refractivity contribution in [3.8, 4) is 17.1 Å². The van der Waals surface area contributed by atoms with E-state index in [1.165, 1.54) is 0 Å². The zero-order valence-electron chi connectivity index (χ0n) is 14.2. The summed E-state index contributed by atoms with van der Waals surface area (Å²) in [7, 11) is 0. The Morgan fingerprint density at radius 2 is 1.48 bits per heavy atom. The number of anilines is 1. The van der Waals surface area contributed by atoms with Crippen LogP contribution in [0.25, 0.3) is 17.1 Å². The Hall–Kier alpha value is -3.44. The first-order chi connectivity index (χ1) is 13.2. The standard InChI is InChI=1S/C21H15ClN4O/c22-16-13-11-15(12-14-16)20-24-19(21(27)23-17-7-3-1-4-8-17)25-26(20)18-9-5-2-6-10-18/h1-14H,(H,23,27). The number of rotatable bonds is 4. The Labute approximate surface area is 161 Å². The summed E-state index contributed by atoms with van der Waals surface area (Å²) < 4.78 is 1.66. The molecule has 5 nitrogen and oxygen atoms in total. The van der Waals surface area contributed by atoms with Gasteiger partial charge in [-0.25, -0.2) is 9.67 Å². The molecule has 0 spiro atoms. The van der Waals surface area contributed by atoms with Crippen LogP contribution in [0.1, 0.15) is 10.6 Å². The van der Waals surface area contributed by atoms with Gasteiger partial charge in [-0.05, 0) is 48.5 Å². The molecule has 27 heavy (non-hydrogen) atoms. The lowest BCUT2D eigenvalue weighted by Gasteiger charge is -2.05. The summed E-state index contributed by atoms with van der Waals surface area (Å²) in [6.07, 6.45) is 0. The van der Waals surface area contributed by atoms with Gasteiger partial charge in [0.05, 0.1) is 5.69 Å². The molecule has 0 aliphatic carbocycles. The molecule has 6 heteroatoms. The Kier molecular flexibility index (Phi) is 4.68. The predicted molar refractivity (Wildman–Crippen MR) is 106 cm³/mol. The van der Waals surface area contributed by atoms with Gasteiger partial charge in [-0.15, -0.1) is 5.10 Å². The second kappa shape index (κ2) is 7.43. The summed E-state index contributed by atoms with van der Waals surface area (Å²) in [6.45, 7) is 0. The monoisotopic (exact) mass is 374 g/mol. The van der Waals surface area contributed by atoms with Gasteiger partial charge >= 0.3 is 0 Å². The summed E-state index contributed by atoms with van der Waals surface area (Å²) >= 11 is 5.99. The number of benzene rings is 3. The average Bonchev–Trinajstić information content (AvgIpc) is 3.16. The van der Waals surface area contributed by atoms with Gasteiger partial charge in [0, 0.05) is 16.3 Å². The Morgan fingerprint density at radius 1 is 0.852 bits per heavy atom. The number of nitrogens with one attached hydrogen (secondary N) is 1. The molecule has 0 aliphatic rings. The van der Waals surface area contributed by atoms with Crippen LogP contribution in [0.2, 0.25) is 5.02 Å². The molecule has 0 bridgehead atoms. The summed E-state index contributed by atoms with van der Waals surface area (Å²) in [5, 5.41) is 7.88.